The fraction of sp³-hybridized carbons (Fsp3) is 0.500. The molecule has 0 aliphatic rings. The van der Waals surface area contributed by atoms with Crippen molar-refractivity contribution in [3.05, 3.63) is 0 Å². The van der Waals surface area contributed by atoms with Gasteiger partial charge in [0.15, 0.2) is 0 Å². The van der Waals surface area contributed by atoms with Crippen LogP contribution in [0.3, 0.4) is 0 Å². The fourth-order valence-electron chi connectivity index (χ4n) is 0.225. The van der Waals surface area contributed by atoms with Gasteiger partial charge in [-0.3, -0.25) is 4.55 Å². The second-order valence-corrected chi connectivity index (χ2v) is 5.11. The summed E-state index contributed by atoms with van der Waals surface area (Å²) in [6.07, 6.45) is 0. The summed E-state index contributed by atoms with van der Waals surface area (Å²) in [4.78, 5) is 0. The van der Waals surface area contributed by atoms with Gasteiger partial charge >= 0.3 is 11.1 Å². The summed E-state index contributed by atoms with van der Waals surface area (Å²) in [6, 6.07) is 0. The minimum absolute atomic E-state index is 0.250. The van der Waals surface area contributed by atoms with E-state index in [2.05, 4.69) is 0 Å². The Morgan fingerprint density at radius 3 is 1.85 bits per heavy atom. The Balaban J connectivity index is 5.10. The molecule has 0 radical (unpaired) electrons. The molecule has 0 bridgehead atoms. The van der Waals surface area contributed by atoms with Crippen LogP contribution in [0.15, 0.2) is 0 Å². The normalized spacial score (nSPS) is 17.1. The van der Waals surface area contributed by atoms with Gasteiger partial charge in [0.05, 0.1) is 0 Å². The van der Waals surface area contributed by atoms with Crippen LogP contribution in [0.1, 0.15) is 0 Å². The maximum Gasteiger partial charge on any atom is 0.361 e. The molecule has 0 aliphatic carbocycles. The largest absolute Gasteiger partial charge is 0.361 e. The average Bonchev–Trinajstić information content (AvgIpc) is 1.83. The molecule has 0 spiro atoms. The zero-order valence-corrected chi connectivity index (χ0v) is 7.21. The van der Waals surface area contributed by atoms with Gasteiger partial charge in [-0.1, -0.05) is 0 Å². The van der Waals surface area contributed by atoms with Crippen LogP contribution in [0.25, 0.3) is 0 Å². The second kappa shape index (κ2) is 3.77. The number of nitrogens with one attached hydrogen (secondary N) is 1. The Morgan fingerprint density at radius 1 is 1.23 bits per heavy atom. The first-order valence-electron chi connectivity index (χ1n) is 2.35. The molecule has 80 valence electrons. The van der Waals surface area contributed by atoms with Gasteiger partial charge in [0.25, 0.3) is 10.0 Å². The summed E-state index contributed by atoms with van der Waals surface area (Å²) >= 11 is 0. The highest BCUT2D eigenvalue weighted by Crippen LogP contribution is 2.04. The van der Waals surface area contributed by atoms with Crippen LogP contribution in [0.2, 0.25) is 0 Å². The monoisotopic (exact) mass is 245 g/mol. The fourth-order valence-corrected chi connectivity index (χ4v) is 2.03. The number of alkyl halides is 2. The van der Waals surface area contributed by atoms with E-state index in [1.54, 1.807) is 0 Å². The number of halogens is 4. The predicted molar refractivity (Wildman–Crippen MR) is 36.1 cm³/mol. The summed E-state index contributed by atoms with van der Waals surface area (Å²) in [5.41, 5.74) is 0. The lowest BCUT2D eigenvalue weighted by atomic mass is 11.7. The smallest absolute Gasteiger partial charge is 0.298 e. The average molecular weight is 245 g/mol. The molecule has 0 rings (SSSR count). The van der Waals surface area contributed by atoms with Crippen LogP contribution in [0, 0.1) is 0 Å². The SMILES string of the molecule is O=S(=O)(NS(=O)(O)=C(F)F)C(F)F. The van der Waals surface area contributed by atoms with Crippen LogP contribution < -0.4 is 4.13 Å². The summed E-state index contributed by atoms with van der Waals surface area (Å²) in [7, 11) is -10.9. The van der Waals surface area contributed by atoms with Crippen molar-refractivity contribution in [1.29, 1.82) is 0 Å². The zero-order valence-electron chi connectivity index (χ0n) is 5.58. The van der Waals surface area contributed by atoms with Crippen molar-refractivity contribution in [3.63, 3.8) is 0 Å². The molecule has 0 aromatic heterocycles. The molecule has 13 heavy (non-hydrogen) atoms. The van der Waals surface area contributed by atoms with Gasteiger partial charge in [0.1, 0.15) is 0 Å². The van der Waals surface area contributed by atoms with Crippen LogP contribution in [-0.2, 0) is 20.0 Å². The van der Waals surface area contributed by atoms with Gasteiger partial charge in [-0.2, -0.15) is 17.6 Å². The molecule has 0 fully saturated rings. The molecular weight excluding hydrogens is 242 g/mol. The van der Waals surface area contributed by atoms with E-state index in [-0.39, 0.29) is 4.13 Å². The lowest BCUT2D eigenvalue weighted by molar-refractivity contribution is 0.234. The molecule has 1 unspecified atom stereocenters. The Bertz CT molecular complexity index is 388. The van der Waals surface area contributed by atoms with Crippen molar-refractivity contribution in [1.82, 2.24) is 4.13 Å². The molecule has 0 aliphatic heterocycles. The Labute approximate surface area is 70.8 Å². The number of rotatable bonds is 3. The molecule has 0 aromatic carbocycles. The van der Waals surface area contributed by atoms with Gasteiger partial charge < -0.3 is 0 Å². The Morgan fingerprint density at radius 2 is 1.62 bits per heavy atom. The Kier molecular flexibility index (Phi) is 3.66. The topological polar surface area (TPSA) is 83.5 Å². The van der Waals surface area contributed by atoms with Crippen molar-refractivity contribution in [2.45, 2.75) is 5.76 Å². The van der Waals surface area contributed by atoms with Crippen molar-refractivity contribution in [3.8, 4) is 0 Å². The lowest BCUT2D eigenvalue weighted by Crippen LogP contribution is -2.36. The molecule has 0 saturated heterocycles. The number of hydrogen-bond acceptors (Lipinski definition) is 3. The number of sulfonamides is 1. The summed E-state index contributed by atoms with van der Waals surface area (Å²) in [6.45, 7) is 0. The highest BCUT2D eigenvalue weighted by Gasteiger charge is 2.29. The van der Waals surface area contributed by atoms with Gasteiger partial charge in [-0.05, 0) is 0 Å². The molecule has 5 nitrogen and oxygen atoms in total. The summed E-state index contributed by atoms with van der Waals surface area (Å²) in [5.74, 6) is -4.06. The second-order valence-electron chi connectivity index (χ2n) is 1.64. The minimum Gasteiger partial charge on any atom is -0.298 e. The van der Waals surface area contributed by atoms with E-state index in [1.165, 1.54) is 0 Å². The molecule has 0 heterocycles. The van der Waals surface area contributed by atoms with Crippen LogP contribution in [0.5, 0.6) is 0 Å². The van der Waals surface area contributed by atoms with E-state index in [1.807, 2.05) is 0 Å². The lowest BCUT2D eigenvalue weighted by Gasteiger charge is -2.04. The molecule has 1 atom stereocenters. The van der Waals surface area contributed by atoms with Gasteiger partial charge in [-0.15, -0.1) is 4.13 Å². The third-order valence-corrected chi connectivity index (χ3v) is 3.39. The van der Waals surface area contributed by atoms with Crippen molar-refractivity contribution in [2.75, 3.05) is 0 Å². The molecule has 0 saturated carbocycles. The first-order valence-corrected chi connectivity index (χ1v) is 5.41. The summed E-state index contributed by atoms with van der Waals surface area (Å²) in [5, 5.41) is -3.20. The molecule has 11 heteroatoms. The van der Waals surface area contributed by atoms with E-state index in [4.69, 9.17) is 4.55 Å². The predicted octanol–water partition coefficient (Wildman–Crippen LogP) is -0.173. The maximum atomic E-state index is 11.5. The van der Waals surface area contributed by atoms with Gasteiger partial charge in [0, 0.05) is 0 Å². The van der Waals surface area contributed by atoms with Gasteiger partial charge in [-0.25, -0.2) is 12.6 Å². The molecular formula is C2H3F4NO4S2. The molecule has 0 aromatic rings. The van der Waals surface area contributed by atoms with E-state index in [9.17, 15) is 30.2 Å². The third-order valence-electron chi connectivity index (χ3n) is 0.673. The van der Waals surface area contributed by atoms with Crippen LogP contribution in [0.4, 0.5) is 17.6 Å². The summed E-state index contributed by atoms with van der Waals surface area (Å²) < 4.78 is 84.5. The highest BCUT2D eigenvalue weighted by molar-refractivity contribution is 8.07. The molecule has 0 amide bonds. The van der Waals surface area contributed by atoms with E-state index in [0.717, 1.165) is 0 Å². The van der Waals surface area contributed by atoms with E-state index < -0.39 is 31.1 Å². The van der Waals surface area contributed by atoms with Crippen LogP contribution in [-0.4, -0.2) is 28.3 Å². The van der Waals surface area contributed by atoms with E-state index >= 15 is 0 Å². The highest BCUT2D eigenvalue weighted by atomic mass is 32.3. The third kappa shape index (κ3) is 3.46. The van der Waals surface area contributed by atoms with Gasteiger partial charge in [0.2, 0.25) is 9.99 Å². The minimum atomic E-state index is -5.51. The van der Waals surface area contributed by atoms with Crippen molar-refractivity contribution < 1.29 is 34.7 Å². The number of hydrogen-bond donors (Lipinski definition) is 2. The quantitative estimate of drug-likeness (QED) is 0.410. The first kappa shape index (κ1) is 12.6. The van der Waals surface area contributed by atoms with E-state index in [0.29, 0.717) is 0 Å². The van der Waals surface area contributed by atoms with Crippen molar-refractivity contribution in [2.24, 2.45) is 0 Å². The first-order chi connectivity index (χ1) is 5.59. The Hall–Kier alpha value is -0.390. The molecule has 2 N–H and O–H groups in total. The van der Waals surface area contributed by atoms with Crippen LogP contribution >= 0.6 is 0 Å². The van der Waals surface area contributed by atoms with Crippen molar-refractivity contribution >= 4 is 25.4 Å². The standard InChI is InChI=1S/C2H3F4NO4S2/c3-1(4)12(8,9)7-13(10,11)2(5)6/h1H,(H2,7,10,11). The zero-order chi connectivity index (χ0) is 10.9. The maximum absolute atomic E-state index is 11.5.